The average Bonchev–Trinajstić information content (AvgIpc) is 3.38. The maximum atomic E-state index is 13.6. The zero-order valence-electron chi connectivity index (χ0n) is 14.4. The van der Waals surface area contributed by atoms with E-state index < -0.39 is 16.2 Å². The molecule has 0 amide bonds. The zero-order chi connectivity index (χ0) is 17.7. The summed E-state index contributed by atoms with van der Waals surface area (Å²) in [4.78, 5) is 14.8. The fourth-order valence-electron chi connectivity index (χ4n) is 5.27. The zero-order valence-corrected chi connectivity index (χ0v) is 15.2. The van der Waals surface area contributed by atoms with E-state index in [4.69, 9.17) is 0 Å². The minimum atomic E-state index is -1.40. The first kappa shape index (κ1) is 16.0. The molecule has 2 bridgehead atoms. The first-order chi connectivity index (χ1) is 12.7. The molecule has 0 radical (unpaired) electrons. The van der Waals surface area contributed by atoms with Crippen LogP contribution in [0.4, 0.5) is 0 Å². The van der Waals surface area contributed by atoms with Crippen molar-refractivity contribution in [3.05, 3.63) is 89.4 Å². The van der Waals surface area contributed by atoms with Gasteiger partial charge in [-0.2, -0.15) is 0 Å². The maximum Gasteiger partial charge on any atom is 0.179 e. The highest BCUT2D eigenvalue weighted by molar-refractivity contribution is 7.90. The van der Waals surface area contributed by atoms with E-state index in [0.29, 0.717) is 22.1 Å². The molecule has 2 aromatic rings. The number of fused-ring (bicyclic) bond motifs is 3. The van der Waals surface area contributed by atoms with Crippen LogP contribution in [0.3, 0.4) is 0 Å². The van der Waals surface area contributed by atoms with Gasteiger partial charge in [0.25, 0.3) is 0 Å². The number of ketones is 1. The third kappa shape index (κ3) is 2.10. The van der Waals surface area contributed by atoms with Crippen molar-refractivity contribution in [2.24, 2.45) is 17.3 Å². The van der Waals surface area contributed by atoms with Crippen LogP contribution < -0.4 is 0 Å². The highest BCUT2D eigenvalue weighted by Crippen LogP contribution is 2.65. The Morgan fingerprint density at radius 2 is 1.62 bits per heavy atom. The fourth-order valence-corrected chi connectivity index (χ4v) is 6.52. The lowest BCUT2D eigenvalue weighted by molar-refractivity contribution is -0.125. The van der Waals surface area contributed by atoms with Crippen molar-refractivity contribution < 1.29 is 9.00 Å². The van der Waals surface area contributed by atoms with Crippen LogP contribution in [0, 0.1) is 17.3 Å². The molecule has 2 nitrogen and oxygen atoms in total. The third-order valence-corrected chi connectivity index (χ3v) is 7.80. The molecule has 5 rings (SSSR count). The van der Waals surface area contributed by atoms with Crippen molar-refractivity contribution in [2.45, 2.75) is 23.7 Å². The Labute approximate surface area is 156 Å². The summed E-state index contributed by atoms with van der Waals surface area (Å²) < 4.78 is 13.1. The van der Waals surface area contributed by atoms with E-state index in [1.54, 1.807) is 0 Å². The van der Waals surface area contributed by atoms with Gasteiger partial charge >= 0.3 is 0 Å². The molecule has 3 heteroatoms. The summed E-state index contributed by atoms with van der Waals surface area (Å²) >= 11 is 0. The number of carbonyl (C=O) groups is 1. The molecule has 26 heavy (non-hydrogen) atoms. The largest absolute Gasteiger partial charge is 0.293 e. The molecular weight excluding hydrogens is 340 g/mol. The monoisotopic (exact) mass is 360 g/mol. The second-order valence-electron chi connectivity index (χ2n) is 7.50. The molecule has 3 aliphatic rings. The molecule has 0 aromatic heterocycles. The molecule has 1 spiro atoms. The quantitative estimate of drug-likeness (QED) is 0.748. The highest BCUT2D eigenvalue weighted by Gasteiger charge is 2.62. The molecule has 0 heterocycles. The number of hydrogen-bond donors (Lipinski definition) is 0. The summed E-state index contributed by atoms with van der Waals surface area (Å²) in [6.45, 7) is 0. The summed E-state index contributed by atoms with van der Waals surface area (Å²) in [6, 6.07) is 19.7. The van der Waals surface area contributed by atoms with Gasteiger partial charge < -0.3 is 0 Å². The summed E-state index contributed by atoms with van der Waals surface area (Å²) in [7, 11) is -1.40. The lowest BCUT2D eigenvalue weighted by Gasteiger charge is -2.38. The van der Waals surface area contributed by atoms with Crippen LogP contribution in [0.5, 0.6) is 0 Å². The molecule has 0 aliphatic heterocycles. The second kappa shape index (κ2) is 5.88. The molecule has 130 valence electrons. The lowest BCUT2D eigenvalue weighted by Crippen LogP contribution is -2.38. The predicted octanol–water partition coefficient (Wildman–Crippen LogP) is 4.63. The van der Waals surface area contributed by atoms with Crippen LogP contribution >= 0.6 is 0 Å². The number of benzene rings is 2. The maximum absolute atomic E-state index is 13.6. The van der Waals surface area contributed by atoms with Crippen LogP contribution in [0.25, 0.3) is 0 Å². The topological polar surface area (TPSA) is 34.1 Å². The number of carbonyl (C=O) groups excluding carboxylic acids is 1. The normalized spacial score (nSPS) is 33.0. The fraction of sp³-hybridized carbons (Fsp3) is 0.261. The molecule has 5 unspecified atom stereocenters. The van der Waals surface area contributed by atoms with Crippen LogP contribution in [0.15, 0.2) is 88.7 Å². The molecule has 5 atom stereocenters. The summed E-state index contributed by atoms with van der Waals surface area (Å²) in [5, 5.41) is 0. The van der Waals surface area contributed by atoms with Gasteiger partial charge in [0.2, 0.25) is 0 Å². The summed E-state index contributed by atoms with van der Waals surface area (Å²) in [5.41, 5.74) is 0.790. The lowest BCUT2D eigenvalue weighted by atomic mass is 9.64. The van der Waals surface area contributed by atoms with E-state index in [9.17, 15) is 9.00 Å². The van der Waals surface area contributed by atoms with E-state index in [2.05, 4.69) is 36.4 Å². The van der Waals surface area contributed by atoms with Crippen LogP contribution in [-0.2, 0) is 15.6 Å². The average molecular weight is 360 g/mol. The molecule has 3 aliphatic carbocycles. The van der Waals surface area contributed by atoms with E-state index in [1.807, 2.05) is 42.5 Å². The number of rotatable bonds is 3. The molecular formula is C23H20O2S. The van der Waals surface area contributed by atoms with Crippen molar-refractivity contribution in [1.29, 1.82) is 0 Å². The van der Waals surface area contributed by atoms with Gasteiger partial charge in [-0.15, -0.1) is 0 Å². The van der Waals surface area contributed by atoms with E-state index >= 15 is 0 Å². The van der Waals surface area contributed by atoms with Crippen LogP contribution in [0.2, 0.25) is 0 Å². The van der Waals surface area contributed by atoms with Crippen molar-refractivity contribution in [2.75, 3.05) is 0 Å². The Morgan fingerprint density at radius 3 is 2.35 bits per heavy atom. The van der Waals surface area contributed by atoms with E-state index in [-0.39, 0.29) is 17.6 Å². The summed E-state index contributed by atoms with van der Waals surface area (Å²) in [5.74, 6) is 0.953. The van der Waals surface area contributed by atoms with Crippen molar-refractivity contribution in [3.63, 3.8) is 0 Å². The third-order valence-electron chi connectivity index (χ3n) is 6.35. The molecule has 1 saturated carbocycles. The predicted molar refractivity (Wildman–Crippen MR) is 103 cm³/mol. The van der Waals surface area contributed by atoms with Gasteiger partial charge in [-0.1, -0.05) is 66.8 Å². The first-order valence-corrected chi connectivity index (χ1v) is 10.3. The smallest absolute Gasteiger partial charge is 0.179 e. The number of Topliss-reactive ketones (excluding diaryl/α,β-unsaturated/α-hetero) is 1. The van der Waals surface area contributed by atoms with Gasteiger partial charge in [-0.05, 0) is 42.4 Å². The Kier molecular flexibility index (Phi) is 3.61. The van der Waals surface area contributed by atoms with Crippen molar-refractivity contribution in [3.8, 4) is 0 Å². The second-order valence-corrected chi connectivity index (χ2v) is 8.95. The molecule has 1 fully saturated rings. The van der Waals surface area contributed by atoms with Gasteiger partial charge in [0, 0.05) is 10.8 Å². The van der Waals surface area contributed by atoms with Crippen molar-refractivity contribution in [1.82, 2.24) is 0 Å². The minimum absolute atomic E-state index is 0.102. The molecule has 0 saturated heterocycles. The Morgan fingerprint density at radius 1 is 0.923 bits per heavy atom. The molecule has 2 aromatic carbocycles. The van der Waals surface area contributed by atoms with Gasteiger partial charge in [0.05, 0.1) is 21.1 Å². The number of hydrogen-bond acceptors (Lipinski definition) is 2. The summed E-state index contributed by atoms with van der Waals surface area (Å²) in [6.07, 6.45) is 8.20. The molecule has 0 N–H and O–H groups in total. The van der Waals surface area contributed by atoms with Gasteiger partial charge in [-0.3, -0.25) is 4.79 Å². The van der Waals surface area contributed by atoms with Crippen LogP contribution in [-0.4, -0.2) is 9.99 Å². The Hall–Kier alpha value is -2.26. The SMILES string of the molecule is O=C1C(S(=O)c2ccccc2)=CCC12C1C=CC(C1)C2c1ccccc1. The number of allylic oxidation sites excluding steroid dienone is 4. The van der Waals surface area contributed by atoms with Crippen LogP contribution in [0.1, 0.15) is 24.3 Å². The Balaban J connectivity index is 1.55. The van der Waals surface area contributed by atoms with E-state index in [0.717, 1.165) is 6.42 Å². The minimum Gasteiger partial charge on any atom is -0.293 e. The standard InChI is InChI=1S/C23H20O2S/c24-22-20(26(25)19-9-5-2-6-10-19)13-14-23(22)18-12-11-17(15-18)21(23)16-7-3-1-4-8-16/h1-13,17-18,21H,14-15H2. The van der Waals surface area contributed by atoms with Gasteiger partial charge in [-0.25, -0.2) is 4.21 Å². The highest BCUT2D eigenvalue weighted by atomic mass is 32.2. The Bertz CT molecular complexity index is 945. The van der Waals surface area contributed by atoms with Gasteiger partial charge in [0.15, 0.2) is 5.78 Å². The van der Waals surface area contributed by atoms with Gasteiger partial charge in [0.1, 0.15) is 0 Å². The van der Waals surface area contributed by atoms with E-state index in [1.165, 1.54) is 5.56 Å². The van der Waals surface area contributed by atoms with Crippen molar-refractivity contribution >= 4 is 16.6 Å². The first-order valence-electron chi connectivity index (χ1n) is 9.17.